The van der Waals surface area contributed by atoms with Crippen LogP contribution in [0.4, 0.5) is 0 Å². The van der Waals surface area contributed by atoms with Gasteiger partial charge in [-0.2, -0.15) is 5.06 Å². The summed E-state index contributed by atoms with van der Waals surface area (Å²) in [7, 11) is 0. The third-order valence-corrected chi connectivity index (χ3v) is 13.0. The average molecular weight is 786 g/mol. The molecule has 8 fully saturated rings. The molecule has 17 nitrogen and oxygen atoms in total. The molecule has 3 aliphatic carbocycles. The van der Waals surface area contributed by atoms with Gasteiger partial charge in [-0.3, -0.25) is 19.2 Å². The van der Waals surface area contributed by atoms with E-state index in [1.165, 1.54) is 5.06 Å². The number of likely N-dealkylation sites (tertiary alicyclic amines) is 1. The smallest absolute Gasteiger partial charge is 0.327 e. The van der Waals surface area contributed by atoms with E-state index in [1.54, 1.807) is 17.1 Å². The van der Waals surface area contributed by atoms with Crippen LogP contribution in [-0.2, 0) is 49.5 Å². The number of carbonyl (C=O) groups is 3. The van der Waals surface area contributed by atoms with Crippen molar-refractivity contribution in [2.75, 3.05) is 32.9 Å². The molecule has 0 radical (unpaired) electrons. The van der Waals surface area contributed by atoms with Gasteiger partial charge in [0.25, 0.3) is 0 Å². The van der Waals surface area contributed by atoms with Gasteiger partial charge in [-0.05, 0) is 49.7 Å². The number of ether oxygens (including phenoxy) is 5. The van der Waals surface area contributed by atoms with Crippen molar-refractivity contribution in [2.45, 2.75) is 124 Å². The SMILES string of the molecule is O=C(NCCO)C1CCCN1C(=O)C12CC3OC(=O)C1N(Cc1ccccc1C=CCOC1OC(CO)C(O)C(O)C1O)OC2C1OC(C2CC2)(C2CC2)OC31. The Morgan fingerprint density at radius 3 is 2.46 bits per heavy atom. The largest absolute Gasteiger partial charge is 0.458 e. The second kappa shape index (κ2) is 14.9. The molecule has 9 rings (SSSR count). The Kier molecular flexibility index (Phi) is 10.3. The Morgan fingerprint density at radius 2 is 1.73 bits per heavy atom. The van der Waals surface area contributed by atoms with Crippen LogP contribution in [0.25, 0.3) is 6.08 Å². The number of amides is 2. The molecule has 0 spiro atoms. The first-order chi connectivity index (χ1) is 27.1. The number of rotatable bonds is 13. The lowest BCUT2D eigenvalue weighted by Crippen LogP contribution is -2.70. The van der Waals surface area contributed by atoms with E-state index in [2.05, 4.69) is 5.32 Å². The number of hydrogen-bond acceptors (Lipinski definition) is 15. The lowest BCUT2D eigenvalue weighted by molar-refractivity contribution is -0.298. The number of carbonyl (C=O) groups excluding carboxylic acids is 3. The fourth-order valence-corrected chi connectivity index (χ4v) is 10.0. The quantitative estimate of drug-likeness (QED) is 0.128. The van der Waals surface area contributed by atoms with E-state index in [1.807, 2.05) is 24.3 Å². The highest BCUT2D eigenvalue weighted by Crippen LogP contribution is 2.64. The molecule has 56 heavy (non-hydrogen) atoms. The third kappa shape index (κ3) is 6.30. The minimum Gasteiger partial charge on any atom is -0.458 e. The molecule has 2 bridgehead atoms. The zero-order valence-electron chi connectivity index (χ0n) is 31.0. The van der Waals surface area contributed by atoms with E-state index in [0.29, 0.717) is 19.4 Å². The highest BCUT2D eigenvalue weighted by molar-refractivity contribution is 5.96. The van der Waals surface area contributed by atoms with Crippen LogP contribution in [0.15, 0.2) is 30.3 Å². The van der Waals surface area contributed by atoms with E-state index in [-0.39, 0.29) is 56.4 Å². The van der Waals surface area contributed by atoms with Gasteiger partial charge in [-0.25, -0.2) is 0 Å². The lowest BCUT2D eigenvalue weighted by atomic mass is 9.62. The molecule has 1 aromatic rings. The summed E-state index contributed by atoms with van der Waals surface area (Å²) in [5, 5.41) is 53.7. The minimum atomic E-state index is -1.56. The van der Waals surface area contributed by atoms with E-state index < -0.39 is 91.0 Å². The van der Waals surface area contributed by atoms with E-state index in [0.717, 1.165) is 36.8 Å². The first-order valence-corrected chi connectivity index (χ1v) is 20.0. The standard InChI is InChI=1S/C39H51N3O14/c43-15-13-40-34(48)24-8-3-14-41(24)37(50)38-17-25-30-31(55-39(54-30,22-9-10-22)23-11-12-23)33(38)56-42(32(38)35(49)52-25)18-21-6-2-1-5-20(21)7-4-16-51-36-29(47)28(46)27(45)26(19-44)53-36/h1-2,4-7,22-33,36,43-47H,3,8-19H2,(H,40,48). The number of nitrogens with zero attached hydrogens (tertiary/aromatic N) is 2. The van der Waals surface area contributed by atoms with Gasteiger partial charge in [0.2, 0.25) is 11.8 Å². The van der Waals surface area contributed by atoms with Crippen molar-refractivity contribution in [3.05, 3.63) is 41.5 Å². The molecule has 8 aliphatic rings. The van der Waals surface area contributed by atoms with Crippen LogP contribution < -0.4 is 5.32 Å². The monoisotopic (exact) mass is 785 g/mol. The van der Waals surface area contributed by atoms with Crippen molar-refractivity contribution in [2.24, 2.45) is 17.3 Å². The number of benzene rings is 1. The summed E-state index contributed by atoms with van der Waals surface area (Å²) in [5.41, 5.74) is 0.0591. The predicted octanol–water partition coefficient (Wildman–Crippen LogP) is -1.28. The molecule has 5 aliphatic heterocycles. The third-order valence-electron chi connectivity index (χ3n) is 13.0. The van der Waals surface area contributed by atoms with Crippen LogP contribution in [-0.4, -0.2) is 159 Å². The average Bonchev–Trinajstić information content (AvgIpc) is 4.12. The maximum Gasteiger partial charge on any atom is 0.327 e. The number of hydroxylamine groups is 2. The Labute approximate surface area is 323 Å². The van der Waals surface area contributed by atoms with Crippen molar-refractivity contribution in [3.8, 4) is 0 Å². The van der Waals surface area contributed by atoms with Crippen LogP contribution >= 0.6 is 0 Å². The molecule has 17 heteroatoms. The van der Waals surface area contributed by atoms with Crippen molar-refractivity contribution in [1.82, 2.24) is 15.3 Å². The second-order valence-corrected chi connectivity index (χ2v) is 16.5. The van der Waals surface area contributed by atoms with Crippen LogP contribution in [0.1, 0.15) is 56.1 Å². The summed E-state index contributed by atoms with van der Waals surface area (Å²) in [6.45, 7) is -0.389. The molecule has 306 valence electrons. The van der Waals surface area contributed by atoms with Gasteiger partial charge in [0.15, 0.2) is 18.1 Å². The molecule has 5 heterocycles. The molecule has 0 aromatic heterocycles. The zero-order valence-corrected chi connectivity index (χ0v) is 31.0. The van der Waals surface area contributed by atoms with Crippen molar-refractivity contribution in [3.63, 3.8) is 0 Å². The number of fused-ring (bicyclic) bond motifs is 4. The van der Waals surface area contributed by atoms with Crippen LogP contribution in [0.2, 0.25) is 0 Å². The van der Waals surface area contributed by atoms with Crippen LogP contribution in [0, 0.1) is 17.3 Å². The molecule has 12 unspecified atom stereocenters. The van der Waals surface area contributed by atoms with Gasteiger partial charge < -0.3 is 59.4 Å². The summed E-state index contributed by atoms with van der Waals surface area (Å²) in [6.07, 6.45) is -1.39. The summed E-state index contributed by atoms with van der Waals surface area (Å²) >= 11 is 0. The van der Waals surface area contributed by atoms with Gasteiger partial charge in [-0.15, -0.1) is 0 Å². The maximum atomic E-state index is 15.2. The maximum absolute atomic E-state index is 15.2. The lowest BCUT2D eigenvalue weighted by Gasteiger charge is -2.50. The van der Waals surface area contributed by atoms with Crippen molar-refractivity contribution >= 4 is 23.9 Å². The van der Waals surface area contributed by atoms with Crippen LogP contribution in [0.5, 0.6) is 0 Å². The molecule has 5 saturated heterocycles. The fourth-order valence-electron chi connectivity index (χ4n) is 10.0. The second-order valence-electron chi connectivity index (χ2n) is 16.5. The van der Waals surface area contributed by atoms with Crippen LogP contribution in [0.3, 0.4) is 0 Å². The molecule has 2 amide bonds. The Morgan fingerprint density at radius 1 is 0.982 bits per heavy atom. The number of nitrogens with one attached hydrogen (secondary N) is 1. The highest BCUT2D eigenvalue weighted by atomic mass is 16.8. The highest BCUT2D eigenvalue weighted by Gasteiger charge is 2.78. The van der Waals surface area contributed by atoms with Gasteiger partial charge >= 0.3 is 5.97 Å². The fraction of sp³-hybridized carbons (Fsp3) is 0.718. The Balaban J connectivity index is 0.998. The van der Waals surface area contributed by atoms with E-state index in [4.69, 9.17) is 28.5 Å². The van der Waals surface area contributed by atoms with Gasteiger partial charge in [0.05, 0.1) is 26.4 Å². The zero-order chi connectivity index (χ0) is 38.9. The van der Waals surface area contributed by atoms with Gasteiger partial charge in [0, 0.05) is 31.3 Å². The topological polar surface area (TPSA) is 226 Å². The van der Waals surface area contributed by atoms with Crippen molar-refractivity contribution in [1.29, 1.82) is 0 Å². The molecule has 1 aromatic carbocycles. The van der Waals surface area contributed by atoms with E-state index in [9.17, 15) is 35.1 Å². The van der Waals surface area contributed by atoms with E-state index >= 15 is 4.79 Å². The van der Waals surface area contributed by atoms with Gasteiger partial charge in [0.1, 0.15) is 60.3 Å². The predicted molar refractivity (Wildman–Crippen MR) is 189 cm³/mol. The Hall–Kier alpha value is -3.07. The molecule has 12 atom stereocenters. The molecular formula is C39H51N3O14. The summed E-state index contributed by atoms with van der Waals surface area (Å²) in [6, 6.07) is 5.52. The first kappa shape index (κ1) is 38.4. The molecular weight excluding hydrogens is 734 g/mol. The summed E-state index contributed by atoms with van der Waals surface area (Å²) in [5.74, 6) is -1.68. The molecule has 3 saturated carbocycles. The number of esters is 1. The molecule has 6 N–H and O–H groups in total. The minimum absolute atomic E-state index is 0.0553. The summed E-state index contributed by atoms with van der Waals surface area (Å²) < 4.78 is 31.1. The Bertz CT molecular complexity index is 1690. The number of aliphatic hydroxyl groups is 5. The number of aliphatic hydroxyl groups excluding tert-OH is 5. The van der Waals surface area contributed by atoms with Crippen molar-refractivity contribution < 1.29 is 68.4 Å². The number of hydrogen-bond donors (Lipinski definition) is 6. The van der Waals surface area contributed by atoms with Gasteiger partial charge in [-0.1, -0.05) is 36.4 Å². The first-order valence-electron chi connectivity index (χ1n) is 20.0. The summed E-state index contributed by atoms with van der Waals surface area (Å²) in [4.78, 5) is 51.2. The normalized spacial score (nSPS) is 40.2.